The molecule has 0 fully saturated rings. The lowest BCUT2D eigenvalue weighted by atomic mass is 10.2. The lowest BCUT2D eigenvalue weighted by Crippen LogP contribution is -2.15. The molecule has 0 unspecified atom stereocenters. The number of rotatable bonds is 6. The maximum absolute atomic E-state index is 12.3. The van der Waals surface area contributed by atoms with Crippen molar-refractivity contribution < 1.29 is 9.53 Å². The summed E-state index contributed by atoms with van der Waals surface area (Å²) in [6.07, 6.45) is 0.102. The van der Waals surface area contributed by atoms with Gasteiger partial charge in [0, 0.05) is 10.6 Å². The van der Waals surface area contributed by atoms with Crippen molar-refractivity contribution in [3.05, 3.63) is 45.1 Å². The van der Waals surface area contributed by atoms with Gasteiger partial charge in [-0.1, -0.05) is 11.8 Å². The average molecular weight is 404 g/mol. The van der Waals surface area contributed by atoms with Gasteiger partial charge in [-0.05, 0) is 57.5 Å². The first-order valence-electron chi connectivity index (χ1n) is 8.53. The van der Waals surface area contributed by atoms with Gasteiger partial charge < -0.3 is 15.0 Å². The molecule has 0 atom stereocenters. The van der Waals surface area contributed by atoms with Gasteiger partial charge in [-0.2, -0.15) is 0 Å². The zero-order valence-electron chi connectivity index (χ0n) is 15.6. The number of amides is 1. The van der Waals surface area contributed by atoms with Gasteiger partial charge >= 0.3 is 0 Å². The number of hydrogen-bond acceptors (Lipinski definition) is 6. The molecule has 3 rings (SSSR count). The molecule has 2 N–H and O–H groups in total. The topological polar surface area (TPSA) is 84.1 Å². The highest BCUT2D eigenvalue weighted by Crippen LogP contribution is 2.27. The van der Waals surface area contributed by atoms with Crippen LogP contribution in [0, 0.1) is 13.8 Å². The van der Waals surface area contributed by atoms with Crippen molar-refractivity contribution in [2.75, 3.05) is 11.1 Å². The highest BCUT2D eigenvalue weighted by Gasteiger charge is 2.13. The number of thioether (sulfide) groups is 1. The van der Waals surface area contributed by atoms with Crippen LogP contribution in [0.25, 0.3) is 10.2 Å². The number of aryl methyl sites for hydroxylation is 2. The Balaban J connectivity index is 1.62. The largest absolute Gasteiger partial charge is 0.491 e. The summed E-state index contributed by atoms with van der Waals surface area (Å²) >= 11 is 2.70. The van der Waals surface area contributed by atoms with E-state index in [4.69, 9.17) is 4.74 Å². The molecule has 0 radical (unpaired) electrons. The van der Waals surface area contributed by atoms with Crippen LogP contribution in [0.2, 0.25) is 0 Å². The lowest BCUT2D eigenvalue weighted by molar-refractivity contribution is -0.113. The summed E-state index contributed by atoms with van der Waals surface area (Å²) in [5, 5.41) is 3.91. The number of aromatic nitrogens is 2. The molecule has 3 aromatic rings. The lowest BCUT2D eigenvalue weighted by Gasteiger charge is -2.10. The van der Waals surface area contributed by atoms with Crippen LogP contribution in [0.15, 0.2) is 34.2 Å². The summed E-state index contributed by atoms with van der Waals surface area (Å²) in [6, 6.07) is 7.22. The zero-order valence-corrected chi connectivity index (χ0v) is 17.2. The number of nitrogens with one attached hydrogen (secondary N) is 2. The molecule has 1 aromatic carbocycles. The monoisotopic (exact) mass is 403 g/mol. The number of aromatic amines is 1. The predicted molar refractivity (Wildman–Crippen MR) is 111 cm³/mol. The van der Waals surface area contributed by atoms with Crippen LogP contribution in [-0.4, -0.2) is 27.7 Å². The Kier molecular flexibility index (Phi) is 5.86. The summed E-state index contributed by atoms with van der Waals surface area (Å²) < 4.78 is 5.58. The van der Waals surface area contributed by atoms with Gasteiger partial charge in [0.2, 0.25) is 5.91 Å². The smallest absolute Gasteiger partial charge is 0.260 e. The number of H-pyrrole nitrogens is 1. The van der Waals surface area contributed by atoms with Gasteiger partial charge in [0.05, 0.1) is 17.2 Å². The van der Waals surface area contributed by atoms with Gasteiger partial charge in [0.1, 0.15) is 10.6 Å². The van der Waals surface area contributed by atoms with Crippen LogP contribution in [0.5, 0.6) is 5.75 Å². The average Bonchev–Trinajstić information content (AvgIpc) is 2.89. The quantitative estimate of drug-likeness (QED) is 0.478. The van der Waals surface area contributed by atoms with E-state index in [1.165, 1.54) is 23.1 Å². The molecule has 0 bridgehead atoms. The van der Waals surface area contributed by atoms with Crippen molar-refractivity contribution in [3.8, 4) is 5.75 Å². The highest BCUT2D eigenvalue weighted by molar-refractivity contribution is 7.99. The normalized spacial score (nSPS) is 11.1. The Morgan fingerprint density at radius 2 is 2.00 bits per heavy atom. The standard InChI is InChI=1S/C19H21N3O3S2/c1-10(2)25-14-7-5-13(6-8-14)20-15(23)9-26-19-21-17(24)16-11(3)12(4)27-18(16)22-19/h5-8,10H,9H2,1-4H3,(H,20,23)(H,21,22,24). The summed E-state index contributed by atoms with van der Waals surface area (Å²) in [5.41, 5.74) is 1.49. The van der Waals surface area contributed by atoms with E-state index in [1.807, 2.05) is 39.8 Å². The molecule has 142 valence electrons. The maximum Gasteiger partial charge on any atom is 0.260 e. The zero-order chi connectivity index (χ0) is 19.6. The molecular weight excluding hydrogens is 382 g/mol. The molecule has 1 amide bonds. The Bertz CT molecular complexity index is 1020. The summed E-state index contributed by atoms with van der Waals surface area (Å²) in [6.45, 7) is 7.81. The van der Waals surface area contributed by atoms with Crippen LogP contribution in [0.1, 0.15) is 24.3 Å². The number of anilines is 1. The third-order valence-corrected chi connectivity index (χ3v) is 5.84. The highest BCUT2D eigenvalue weighted by atomic mass is 32.2. The molecule has 0 aliphatic heterocycles. The number of nitrogens with zero attached hydrogens (tertiary/aromatic N) is 1. The van der Waals surface area contributed by atoms with E-state index in [0.29, 0.717) is 21.1 Å². The van der Waals surface area contributed by atoms with E-state index in [1.54, 1.807) is 12.1 Å². The first-order valence-corrected chi connectivity index (χ1v) is 10.3. The molecule has 0 saturated carbocycles. The van der Waals surface area contributed by atoms with Crippen molar-refractivity contribution in [1.29, 1.82) is 0 Å². The summed E-state index contributed by atoms with van der Waals surface area (Å²) in [5.74, 6) is 0.745. The molecule has 6 nitrogen and oxygen atoms in total. The fraction of sp³-hybridized carbons (Fsp3) is 0.316. The van der Waals surface area contributed by atoms with E-state index in [2.05, 4.69) is 15.3 Å². The van der Waals surface area contributed by atoms with Crippen molar-refractivity contribution in [1.82, 2.24) is 9.97 Å². The number of fused-ring (bicyclic) bond motifs is 1. The van der Waals surface area contributed by atoms with Crippen LogP contribution >= 0.6 is 23.1 Å². The molecule has 27 heavy (non-hydrogen) atoms. The second-order valence-corrected chi connectivity index (χ2v) is 8.53. The minimum Gasteiger partial charge on any atom is -0.491 e. The number of hydrogen-bond donors (Lipinski definition) is 2. The molecule has 0 aliphatic carbocycles. The number of carbonyl (C=O) groups is 1. The Labute approximate surface area is 165 Å². The molecular formula is C19H21N3O3S2. The molecule has 8 heteroatoms. The minimum atomic E-state index is -0.168. The van der Waals surface area contributed by atoms with Crippen molar-refractivity contribution >= 4 is 44.9 Å². The van der Waals surface area contributed by atoms with Crippen LogP contribution in [0.4, 0.5) is 5.69 Å². The Morgan fingerprint density at radius 1 is 1.30 bits per heavy atom. The fourth-order valence-electron chi connectivity index (χ4n) is 2.52. The molecule has 0 aliphatic rings. The van der Waals surface area contributed by atoms with Crippen molar-refractivity contribution in [2.24, 2.45) is 0 Å². The minimum absolute atomic E-state index is 0.102. The van der Waals surface area contributed by atoms with Gasteiger partial charge in [-0.25, -0.2) is 4.98 Å². The van der Waals surface area contributed by atoms with E-state index in [9.17, 15) is 9.59 Å². The Morgan fingerprint density at radius 3 is 2.67 bits per heavy atom. The Hall–Kier alpha value is -2.32. The summed E-state index contributed by atoms with van der Waals surface area (Å²) in [7, 11) is 0. The fourth-order valence-corrected chi connectivity index (χ4v) is 4.27. The van der Waals surface area contributed by atoms with E-state index < -0.39 is 0 Å². The third kappa shape index (κ3) is 4.70. The van der Waals surface area contributed by atoms with Gasteiger partial charge in [-0.15, -0.1) is 11.3 Å². The first kappa shape index (κ1) is 19.4. The number of carbonyl (C=O) groups excluding carboxylic acids is 1. The summed E-state index contributed by atoms with van der Waals surface area (Å²) in [4.78, 5) is 33.4. The van der Waals surface area contributed by atoms with Gasteiger partial charge in [0.25, 0.3) is 5.56 Å². The number of thiophene rings is 1. The number of benzene rings is 1. The van der Waals surface area contributed by atoms with Crippen LogP contribution in [-0.2, 0) is 4.79 Å². The SMILES string of the molecule is Cc1sc2nc(SCC(=O)Nc3ccc(OC(C)C)cc3)[nH]c(=O)c2c1C. The molecule has 2 heterocycles. The van der Waals surface area contributed by atoms with Gasteiger partial charge in [0.15, 0.2) is 5.16 Å². The van der Waals surface area contributed by atoms with E-state index in [-0.39, 0.29) is 23.3 Å². The van der Waals surface area contributed by atoms with E-state index >= 15 is 0 Å². The first-order chi connectivity index (χ1) is 12.8. The number of ether oxygens (including phenoxy) is 1. The second kappa shape index (κ2) is 8.14. The maximum atomic E-state index is 12.3. The van der Waals surface area contributed by atoms with Crippen molar-refractivity contribution in [3.63, 3.8) is 0 Å². The third-order valence-electron chi connectivity index (χ3n) is 3.87. The second-order valence-electron chi connectivity index (χ2n) is 6.36. The molecule has 0 spiro atoms. The molecule has 0 saturated heterocycles. The predicted octanol–water partition coefficient (Wildman–Crippen LogP) is 4.12. The van der Waals surface area contributed by atoms with Crippen LogP contribution in [0.3, 0.4) is 0 Å². The van der Waals surface area contributed by atoms with Gasteiger partial charge in [-0.3, -0.25) is 9.59 Å². The van der Waals surface area contributed by atoms with Crippen LogP contribution < -0.4 is 15.6 Å². The van der Waals surface area contributed by atoms with Crippen molar-refractivity contribution in [2.45, 2.75) is 39.0 Å². The van der Waals surface area contributed by atoms with E-state index in [0.717, 1.165) is 16.2 Å². The molecule has 2 aromatic heterocycles.